The fourth-order valence-corrected chi connectivity index (χ4v) is 2.93. The summed E-state index contributed by atoms with van der Waals surface area (Å²) in [6.45, 7) is 2.11. The van der Waals surface area contributed by atoms with Gasteiger partial charge in [0.15, 0.2) is 0 Å². The third kappa shape index (κ3) is 2.89. The molecule has 0 bridgehead atoms. The second kappa shape index (κ2) is 5.73. The molecule has 0 aliphatic rings. The van der Waals surface area contributed by atoms with Crippen molar-refractivity contribution in [3.63, 3.8) is 0 Å². The van der Waals surface area contributed by atoms with Crippen LogP contribution in [0, 0.1) is 6.92 Å². The molecule has 4 aromatic carbocycles. The smallest absolute Gasteiger partial charge is 0.0172 e. The summed E-state index contributed by atoms with van der Waals surface area (Å²) in [4.78, 5) is 0. The topological polar surface area (TPSA) is 0 Å². The maximum Gasteiger partial charge on any atom is -0.0172 e. The second-order valence-corrected chi connectivity index (χ2v) is 6.05. The largest absolute Gasteiger partial charge is 0.0616 e. The lowest BCUT2D eigenvalue weighted by Gasteiger charge is -2.03. The van der Waals surface area contributed by atoms with Crippen molar-refractivity contribution in [1.82, 2.24) is 0 Å². The average Bonchev–Trinajstić information content (AvgIpc) is 2.59. The van der Waals surface area contributed by atoms with E-state index < -0.39 is 0 Å². The molecule has 110 valence electrons. The summed E-state index contributed by atoms with van der Waals surface area (Å²) in [6, 6.07) is 28.3. The Morgan fingerprint density at radius 2 is 1.09 bits per heavy atom. The van der Waals surface area contributed by atoms with E-state index >= 15 is 0 Å². The van der Waals surface area contributed by atoms with Crippen LogP contribution in [0.5, 0.6) is 0 Å². The van der Waals surface area contributed by atoms with Crippen molar-refractivity contribution in [2.24, 2.45) is 0 Å². The zero-order valence-corrected chi connectivity index (χ0v) is 13.2. The minimum absolute atomic E-state index is 1.23. The van der Waals surface area contributed by atoms with Gasteiger partial charge in [-0.1, -0.05) is 78.4 Å². The summed E-state index contributed by atoms with van der Waals surface area (Å²) >= 11 is 0. The van der Waals surface area contributed by atoms with Gasteiger partial charge in [0.2, 0.25) is 0 Å². The van der Waals surface area contributed by atoms with Crippen molar-refractivity contribution >= 4 is 33.7 Å². The molecular formula is C23H18. The van der Waals surface area contributed by atoms with Gasteiger partial charge in [-0.05, 0) is 57.8 Å². The molecular weight excluding hydrogens is 276 g/mol. The zero-order valence-electron chi connectivity index (χ0n) is 13.2. The summed E-state index contributed by atoms with van der Waals surface area (Å²) in [7, 11) is 0. The molecule has 0 aromatic heterocycles. The first-order valence-corrected chi connectivity index (χ1v) is 7.95. The average molecular weight is 294 g/mol. The third-order valence-corrected chi connectivity index (χ3v) is 4.27. The number of rotatable bonds is 2. The summed E-state index contributed by atoms with van der Waals surface area (Å²) in [5, 5.41) is 5.16. The first-order chi connectivity index (χ1) is 11.3. The second-order valence-electron chi connectivity index (χ2n) is 6.05. The minimum Gasteiger partial charge on any atom is -0.0616 e. The molecule has 4 rings (SSSR count). The highest BCUT2D eigenvalue weighted by molar-refractivity contribution is 5.99. The van der Waals surface area contributed by atoms with E-state index in [9.17, 15) is 0 Å². The molecule has 0 heteroatoms. The monoisotopic (exact) mass is 294 g/mol. The van der Waals surface area contributed by atoms with Crippen molar-refractivity contribution in [2.45, 2.75) is 6.92 Å². The van der Waals surface area contributed by atoms with E-state index in [4.69, 9.17) is 0 Å². The van der Waals surface area contributed by atoms with Crippen LogP contribution in [0.25, 0.3) is 33.7 Å². The molecule has 0 atom stereocenters. The molecule has 0 heterocycles. The third-order valence-electron chi connectivity index (χ3n) is 4.27. The SMILES string of the molecule is Cc1ccc(/C=C/c2ccc3cc4ccccc4cc3c2)cc1. The van der Waals surface area contributed by atoms with Gasteiger partial charge in [0.25, 0.3) is 0 Å². The van der Waals surface area contributed by atoms with Crippen molar-refractivity contribution < 1.29 is 0 Å². The number of benzene rings is 4. The molecule has 23 heavy (non-hydrogen) atoms. The Morgan fingerprint density at radius 3 is 1.83 bits per heavy atom. The van der Waals surface area contributed by atoms with Crippen molar-refractivity contribution in [3.8, 4) is 0 Å². The molecule has 0 radical (unpaired) electrons. The van der Waals surface area contributed by atoms with Crippen LogP contribution in [-0.4, -0.2) is 0 Å². The first kappa shape index (κ1) is 13.8. The van der Waals surface area contributed by atoms with Crippen LogP contribution in [0.1, 0.15) is 16.7 Å². The van der Waals surface area contributed by atoms with Gasteiger partial charge in [0, 0.05) is 0 Å². The summed E-state index contributed by atoms with van der Waals surface area (Å²) in [5.41, 5.74) is 3.75. The van der Waals surface area contributed by atoms with Crippen molar-refractivity contribution in [1.29, 1.82) is 0 Å². The van der Waals surface area contributed by atoms with Gasteiger partial charge in [-0.2, -0.15) is 0 Å². The van der Waals surface area contributed by atoms with Gasteiger partial charge in [-0.25, -0.2) is 0 Å². The molecule has 0 unspecified atom stereocenters. The van der Waals surface area contributed by atoms with Crippen LogP contribution in [0.4, 0.5) is 0 Å². The predicted octanol–water partition coefficient (Wildman–Crippen LogP) is 6.47. The summed E-state index contributed by atoms with van der Waals surface area (Å²) in [5.74, 6) is 0. The Bertz CT molecular complexity index is 1000. The van der Waals surface area contributed by atoms with Gasteiger partial charge in [0.05, 0.1) is 0 Å². The standard InChI is InChI=1S/C23H18/c1-17-6-8-18(9-7-17)10-11-19-12-13-22-15-20-4-2-3-5-21(20)16-23(22)14-19/h2-16H,1H3/b11-10+. The van der Waals surface area contributed by atoms with E-state index in [0.717, 1.165) is 0 Å². The molecule has 0 aliphatic carbocycles. The van der Waals surface area contributed by atoms with E-state index in [0.29, 0.717) is 0 Å². The summed E-state index contributed by atoms with van der Waals surface area (Å²) in [6.07, 6.45) is 4.35. The highest BCUT2D eigenvalue weighted by Crippen LogP contribution is 2.24. The highest BCUT2D eigenvalue weighted by Gasteiger charge is 1.98. The van der Waals surface area contributed by atoms with Gasteiger partial charge < -0.3 is 0 Å². The Labute approximate surface area is 136 Å². The van der Waals surface area contributed by atoms with E-state index in [1.165, 1.54) is 38.2 Å². The molecule has 0 aliphatic heterocycles. The molecule has 0 amide bonds. The lowest BCUT2D eigenvalue weighted by atomic mass is 10.0. The number of hydrogen-bond acceptors (Lipinski definition) is 0. The molecule has 0 saturated heterocycles. The Kier molecular flexibility index (Phi) is 3.44. The molecule has 0 fully saturated rings. The van der Waals surface area contributed by atoms with Gasteiger partial charge in [-0.15, -0.1) is 0 Å². The molecule has 4 aromatic rings. The maximum atomic E-state index is 2.27. The van der Waals surface area contributed by atoms with E-state index in [-0.39, 0.29) is 0 Å². The fraction of sp³-hybridized carbons (Fsp3) is 0.0435. The Hall–Kier alpha value is -2.86. The van der Waals surface area contributed by atoms with Crippen LogP contribution in [0.3, 0.4) is 0 Å². The normalized spacial score (nSPS) is 11.5. The van der Waals surface area contributed by atoms with Crippen LogP contribution < -0.4 is 0 Å². The van der Waals surface area contributed by atoms with E-state index in [1.54, 1.807) is 0 Å². The lowest BCUT2D eigenvalue weighted by molar-refractivity contribution is 1.46. The predicted molar refractivity (Wildman–Crippen MR) is 102 cm³/mol. The first-order valence-electron chi connectivity index (χ1n) is 7.95. The van der Waals surface area contributed by atoms with Gasteiger partial charge in [-0.3, -0.25) is 0 Å². The number of hydrogen-bond donors (Lipinski definition) is 0. The Morgan fingerprint density at radius 1 is 0.522 bits per heavy atom. The molecule has 0 saturated carbocycles. The Balaban J connectivity index is 1.73. The van der Waals surface area contributed by atoms with Crippen molar-refractivity contribution in [2.75, 3.05) is 0 Å². The molecule has 0 spiro atoms. The highest BCUT2D eigenvalue weighted by atomic mass is 14.0. The minimum atomic E-state index is 1.23. The number of fused-ring (bicyclic) bond motifs is 2. The zero-order chi connectivity index (χ0) is 15.6. The molecule has 0 nitrogen and oxygen atoms in total. The summed E-state index contributed by atoms with van der Waals surface area (Å²) < 4.78 is 0. The van der Waals surface area contributed by atoms with E-state index in [1.807, 2.05) is 0 Å². The van der Waals surface area contributed by atoms with Crippen LogP contribution in [0.15, 0.2) is 78.9 Å². The number of aryl methyl sites for hydroxylation is 1. The fourth-order valence-electron chi connectivity index (χ4n) is 2.93. The van der Waals surface area contributed by atoms with Gasteiger partial charge in [0.1, 0.15) is 0 Å². The van der Waals surface area contributed by atoms with Crippen LogP contribution in [-0.2, 0) is 0 Å². The van der Waals surface area contributed by atoms with E-state index in [2.05, 4.69) is 97.9 Å². The molecule has 0 N–H and O–H groups in total. The van der Waals surface area contributed by atoms with Crippen molar-refractivity contribution in [3.05, 3.63) is 95.6 Å². The van der Waals surface area contributed by atoms with Gasteiger partial charge >= 0.3 is 0 Å². The maximum absolute atomic E-state index is 2.27. The van der Waals surface area contributed by atoms with Crippen LogP contribution >= 0.6 is 0 Å². The quantitative estimate of drug-likeness (QED) is 0.293. The lowest BCUT2D eigenvalue weighted by Crippen LogP contribution is -1.79. The van der Waals surface area contributed by atoms with Crippen LogP contribution in [0.2, 0.25) is 0 Å².